The Morgan fingerprint density at radius 2 is 2.00 bits per heavy atom. The SMILES string of the molecule is CC(Nc1snc(N)c1-c1ccccc1)C(=O)N(C)C. The van der Waals surface area contributed by atoms with Gasteiger partial charge < -0.3 is 16.0 Å². The van der Waals surface area contributed by atoms with E-state index in [0.717, 1.165) is 16.1 Å². The summed E-state index contributed by atoms with van der Waals surface area (Å²) >= 11 is 1.27. The van der Waals surface area contributed by atoms with Crippen molar-refractivity contribution in [2.45, 2.75) is 13.0 Å². The lowest BCUT2D eigenvalue weighted by Crippen LogP contribution is -2.36. The van der Waals surface area contributed by atoms with Gasteiger partial charge in [0.15, 0.2) is 0 Å². The molecule has 0 aliphatic rings. The Bertz CT molecular complexity index is 594. The fourth-order valence-corrected chi connectivity index (χ4v) is 2.75. The highest BCUT2D eigenvalue weighted by Gasteiger charge is 2.19. The van der Waals surface area contributed by atoms with Gasteiger partial charge in [0.2, 0.25) is 5.91 Å². The molecular weight excluding hydrogens is 272 g/mol. The molecule has 1 aromatic carbocycles. The van der Waals surface area contributed by atoms with Gasteiger partial charge in [-0.1, -0.05) is 30.3 Å². The van der Waals surface area contributed by atoms with Crippen LogP contribution in [-0.2, 0) is 4.79 Å². The Morgan fingerprint density at radius 3 is 2.60 bits per heavy atom. The first-order valence-electron chi connectivity index (χ1n) is 6.29. The monoisotopic (exact) mass is 290 g/mol. The molecule has 1 atom stereocenters. The van der Waals surface area contributed by atoms with Crippen LogP contribution in [0.15, 0.2) is 30.3 Å². The zero-order valence-corrected chi connectivity index (χ0v) is 12.6. The molecule has 0 saturated carbocycles. The van der Waals surface area contributed by atoms with Gasteiger partial charge in [0.25, 0.3) is 0 Å². The van der Waals surface area contributed by atoms with Crippen LogP contribution >= 0.6 is 11.5 Å². The second-order valence-corrected chi connectivity index (χ2v) is 5.51. The standard InChI is InChI=1S/C14H18N4OS/c1-9(14(19)18(2)3)16-13-11(12(15)17-20-13)10-7-5-4-6-8-10/h4-9,16H,1-3H3,(H2,15,17). The Kier molecular flexibility index (Phi) is 4.24. The molecule has 5 nitrogen and oxygen atoms in total. The number of likely N-dealkylation sites (N-methyl/N-ethyl adjacent to an activating group) is 1. The van der Waals surface area contributed by atoms with Crippen molar-refractivity contribution in [1.82, 2.24) is 9.27 Å². The third-order valence-corrected chi connectivity index (χ3v) is 3.73. The van der Waals surface area contributed by atoms with Crippen LogP contribution < -0.4 is 11.1 Å². The van der Waals surface area contributed by atoms with Crippen molar-refractivity contribution in [2.75, 3.05) is 25.1 Å². The highest BCUT2D eigenvalue weighted by Crippen LogP contribution is 2.36. The lowest BCUT2D eigenvalue weighted by atomic mass is 10.1. The van der Waals surface area contributed by atoms with E-state index in [1.54, 1.807) is 19.0 Å². The molecule has 1 amide bonds. The zero-order chi connectivity index (χ0) is 14.7. The maximum absolute atomic E-state index is 11.9. The van der Waals surface area contributed by atoms with E-state index >= 15 is 0 Å². The molecule has 0 bridgehead atoms. The van der Waals surface area contributed by atoms with Gasteiger partial charge in [-0.3, -0.25) is 4.79 Å². The third-order valence-electron chi connectivity index (χ3n) is 2.94. The Hall–Kier alpha value is -2.08. The number of amides is 1. The van der Waals surface area contributed by atoms with Gasteiger partial charge in [0, 0.05) is 14.1 Å². The molecule has 2 aromatic rings. The lowest BCUT2D eigenvalue weighted by molar-refractivity contribution is -0.129. The van der Waals surface area contributed by atoms with E-state index in [9.17, 15) is 4.79 Å². The van der Waals surface area contributed by atoms with Crippen molar-refractivity contribution >= 4 is 28.3 Å². The number of hydrogen-bond acceptors (Lipinski definition) is 5. The van der Waals surface area contributed by atoms with Crippen LogP contribution in [0.1, 0.15) is 6.92 Å². The summed E-state index contributed by atoms with van der Waals surface area (Å²) in [6.45, 7) is 1.83. The van der Waals surface area contributed by atoms with Gasteiger partial charge in [-0.15, -0.1) is 0 Å². The van der Waals surface area contributed by atoms with E-state index in [2.05, 4.69) is 9.69 Å². The maximum atomic E-state index is 11.9. The van der Waals surface area contributed by atoms with Crippen LogP contribution in [0.3, 0.4) is 0 Å². The number of carbonyl (C=O) groups is 1. The fraction of sp³-hybridized carbons (Fsp3) is 0.286. The zero-order valence-electron chi connectivity index (χ0n) is 11.8. The van der Waals surface area contributed by atoms with Crippen molar-refractivity contribution in [3.63, 3.8) is 0 Å². The van der Waals surface area contributed by atoms with Crippen LogP contribution in [-0.4, -0.2) is 35.3 Å². The van der Waals surface area contributed by atoms with E-state index in [0.29, 0.717) is 5.82 Å². The number of nitrogens with one attached hydrogen (secondary N) is 1. The molecule has 6 heteroatoms. The van der Waals surface area contributed by atoms with Crippen molar-refractivity contribution in [2.24, 2.45) is 0 Å². The average molecular weight is 290 g/mol. The lowest BCUT2D eigenvalue weighted by Gasteiger charge is -2.18. The molecule has 1 unspecified atom stereocenters. The number of anilines is 2. The van der Waals surface area contributed by atoms with Crippen LogP contribution in [0, 0.1) is 0 Å². The fourth-order valence-electron chi connectivity index (χ4n) is 1.93. The molecule has 0 aliphatic heterocycles. The number of rotatable bonds is 4. The van der Waals surface area contributed by atoms with E-state index < -0.39 is 0 Å². The van der Waals surface area contributed by atoms with Gasteiger partial charge in [-0.2, -0.15) is 4.37 Å². The largest absolute Gasteiger partial charge is 0.382 e. The minimum absolute atomic E-state index is 0.0102. The summed E-state index contributed by atoms with van der Waals surface area (Å²) in [4.78, 5) is 13.5. The van der Waals surface area contributed by atoms with Crippen LogP contribution in [0.2, 0.25) is 0 Å². The highest BCUT2D eigenvalue weighted by atomic mass is 32.1. The summed E-state index contributed by atoms with van der Waals surface area (Å²) in [7, 11) is 3.47. The number of hydrogen-bond donors (Lipinski definition) is 2. The second kappa shape index (κ2) is 5.92. The third kappa shape index (κ3) is 2.91. The second-order valence-electron chi connectivity index (χ2n) is 4.74. The van der Waals surface area contributed by atoms with Gasteiger partial charge in [-0.25, -0.2) is 0 Å². The summed E-state index contributed by atoms with van der Waals surface area (Å²) < 4.78 is 4.18. The number of nitrogens with two attached hydrogens (primary N) is 1. The molecule has 106 valence electrons. The Morgan fingerprint density at radius 1 is 1.35 bits per heavy atom. The molecular formula is C14H18N4OS. The summed E-state index contributed by atoms with van der Waals surface area (Å²) in [6, 6.07) is 9.47. The molecule has 2 rings (SSSR count). The topological polar surface area (TPSA) is 71.2 Å². The van der Waals surface area contributed by atoms with Crippen molar-refractivity contribution in [1.29, 1.82) is 0 Å². The Balaban J connectivity index is 2.29. The molecule has 0 radical (unpaired) electrons. The van der Waals surface area contributed by atoms with Crippen molar-refractivity contribution < 1.29 is 4.79 Å². The molecule has 0 spiro atoms. The summed E-state index contributed by atoms with van der Waals surface area (Å²) in [5, 5.41) is 4.01. The van der Waals surface area contributed by atoms with Crippen LogP contribution in [0.4, 0.5) is 10.8 Å². The summed E-state index contributed by atoms with van der Waals surface area (Å²) in [5.41, 5.74) is 7.80. The van der Waals surface area contributed by atoms with E-state index in [-0.39, 0.29) is 11.9 Å². The Labute approximate surface area is 122 Å². The molecule has 0 aliphatic carbocycles. The first kappa shape index (κ1) is 14.3. The quantitative estimate of drug-likeness (QED) is 0.906. The van der Waals surface area contributed by atoms with Crippen molar-refractivity contribution in [3.05, 3.63) is 30.3 Å². The number of nitrogens with zero attached hydrogens (tertiary/aromatic N) is 2. The van der Waals surface area contributed by atoms with Gasteiger partial charge in [0.05, 0.1) is 5.56 Å². The smallest absolute Gasteiger partial charge is 0.244 e. The predicted molar refractivity (Wildman–Crippen MR) is 83.7 cm³/mol. The number of nitrogen functional groups attached to an aromatic ring is 1. The highest BCUT2D eigenvalue weighted by molar-refractivity contribution is 7.11. The van der Waals surface area contributed by atoms with Crippen molar-refractivity contribution in [3.8, 4) is 11.1 Å². The summed E-state index contributed by atoms with van der Waals surface area (Å²) in [5.74, 6) is 0.490. The number of aromatic nitrogens is 1. The van der Waals surface area contributed by atoms with Crippen LogP contribution in [0.25, 0.3) is 11.1 Å². The maximum Gasteiger partial charge on any atom is 0.244 e. The molecule has 1 heterocycles. The minimum Gasteiger partial charge on any atom is -0.382 e. The van der Waals surface area contributed by atoms with Crippen LogP contribution in [0.5, 0.6) is 0 Å². The minimum atomic E-state index is -0.327. The summed E-state index contributed by atoms with van der Waals surface area (Å²) in [6.07, 6.45) is 0. The van der Waals surface area contributed by atoms with Gasteiger partial charge >= 0.3 is 0 Å². The molecule has 20 heavy (non-hydrogen) atoms. The predicted octanol–water partition coefficient (Wildman–Crippen LogP) is 2.28. The first-order chi connectivity index (χ1) is 9.50. The molecule has 0 saturated heterocycles. The van der Waals surface area contributed by atoms with Gasteiger partial charge in [-0.05, 0) is 24.0 Å². The normalized spacial score (nSPS) is 11.9. The molecule has 0 fully saturated rings. The number of carbonyl (C=O) groups excluding carboxylic acids is 1. The van der Waals surface area contributed by atoms with E-state index in [1.165, 1.54) is 11.5 Å². The molecule has 1 aromatic heterocycles. The van der Waals surface area contributed by atoms with E-state index in [1.807, 2.05) is 37.3 Å². The molecule has 3 N–H and O–H groups in total. The number of benzene rings is 1. The average Bonchev–Trinajstić information content (AvgIpc) is 2.79. The van der Waals surface area contributed by atoms with E-state index in [4.69, 9.17) is 5.73 Å². The van der Waals surface area contributed by atoms with Gasteiger partial charge in [0.1, 0.15) is 16.9 Å². The first-order valence-corrected chi connectivity index (χ1v) is 7.06.